The highest BCUT2D eigenvalue weighted by Gasteiger charge is 2.20. The van der Waals surface area contributed by atoms with Gasteiger partial charge in [-0.25, -0.2) is 4.79 Å². The Hall–Kier alpha value is -1.96. The molecule has 122 valence electrons. The molecule has 1 aromatic heterocycles. The molecule has 1 atom stereocenters. The van der Waals surface area contributed by atoms with Gasteiger partial charge in [0.05, 0.1) is 19.6 Å². The number of rotatable bonds is 3. The monoisotopic (exact) mass is 378 g/mol. The van der Waals surface area contributed by atoms with Crippen molar-refractivity contribution < 1.29 is 4.79 Å². The largest absolute Gasteiger partial charge is 0.331 e. The molecule has 1 aromatic carbocycles. The zero-order valence-corrected chi connectivity index (χ0v) is 14.5. The number of hydrogen-bond acceptors (Lipinski definition) is 4. The minimum atomic E-state index is -0.210. The van der Waals surface area contributed by atoms with Gasteiger partial charge in [0, 0.05) is 4.47 Å². The summed E-state index contributed by atoms with van der Waals surface area (Å²) in [5.41, 5.74) is 2.51. The van der Waals surface area contributed by atoms with Crippen molar-refractivity contribution in [1.82, 2.24) is 30.8 Å². The van der Waals surface area contributed by atoms with Crippen LogP contribution >= 0.6 is 15.9 Å². The topological polar surface area (TPSA) is 84.7 Å². The van der Waals surface area contributed by atoms with E-state index in [0.717, 1.165) is 30.2 Å². The molecule has 8 heteroatoms. The number of carbonyl (C=O) groups excluding carboxylic acids is 1. The van der Waals surface area contributed by atoms with Gasteiger partial charge in [-0.3, -0.25) is 0 Å². The third-order valence-corrected chi connectivity index (χ3v) is 4.42. The van der Waals surface area contributed by atoms with E-state index in [1.807, 2.05) is 6.07 Å². The molecule has 0 aliphatic heterocycles. The lowest BCUT2D eigenvalue weighted by Crippen LogP contribution is -2.38. The van der Waals surface area contributed by atoms with E-state index in [1.54, 1.807) is 7.05 Å². The number of aromatic nitrogens is 4. The second-order valence-electron chi connectivity index (χ2n) is 5.66. The zero-order chi connectivity index (χ0) is 16.2. The van der Waals surface area contributed by atoms with Crippen LogP contribution in [0.25, 0.3) is 0 Å². The highest BCUT2D eigenvalue weighted by Crippen LogP contribution is 2.30. The number of aryl methyl sites for hydroxylation is 2. The maximum Gasteiger partial charge on any atom is 0.315 e. The minimum Gasteiger partial charge on any atom is -0.331 e. The number of nitrogens with one attached hydrogen (secondary N) is 2. The third kappa shape index (κ3) is 4.07. The molecule has 3 rings (SSSR count). The summed E-state index contributed by atoms with van der Waals surface area (Å²) in [6, 6.07) is 6.10. The van der Waals surface area contributed by atoms with Crippen LogP contribution in [-0.4, -0.2) is 26.2 Å². The van der Waals surface area contributed by atoms with Crippen LogP contribution in [0.15, 0.2) is 22.7 Å². The number of benzene rings is 1. The molecule has 0 radical (unpaired) electrons. The smallest absolute Gasteiger partial charge is 0.315 e. The quantitative estimate of drug-likeness (QED) is 0.802. The van der Waals surface area contributed by atoms with Crippen LogP contribution < -0.4 is 10.6 Å². The predicted octanol–water partition coefficient (Wildman–Crippen LogP) is 2.24. The first-order chi connectivity index (χ1) is 11.1. The molecule has 2 amide bonds. The summed E-state index contributed by atoms with van der Waals surface area (Å²) in [5, 5.41) is 17.5. The maximum absolute atomic E-state index is 12.2. The van der Waals surface area contributed by atoms with E-state index in [4.69, 9.17) is 0 Å². The first-order valence-corrected chi connectivity index (χ1v) is 8.46. The van der Waals surface area contributed by atoms with Gasteiger partial charge in [-0.1, -0.05) is 28.4 Å². The number of carbonyl (C=O) groups is 1. The summed E-state index contributed by atoms with van der Waals surface area (Å²) in [5.74, 6) is 0.493. The van der Waals surface area contributed by atoms with E-state index >= 15 is 0 Å². The van der Waals surface area contributed by atoms with Crippen LogP contribution in [0.1, 0.15) is 42.3 Å². The summed E-state index contributed by atoms with van der Waals surface area (Å²) >= 11 is 3.52. The Morgan fingerprint density at radius 3 is 3.09 bits per heavy atom. The summed E-state index contributed by atoms with van der Waals surface area (Å²) in [7, 11) is 1.69. The number of nitrogens with zero attached hydrogens (tertiary/aromatic N) is 4. The van der Waals surface area contributed by atoms with Gasteiger partial charge in [0.1, 0.15) is 0 Å². The number of tetrazole rings is 1. The Bertz CT molecular complexity index is 701. The zero-order valence-electron chi connectivity index (χ0n) is 12.9. The molecule has 7 nitrogen and oxygen atoms in total. The van der Waals surface area contributed by atoms with Crippen LogP contribution in [-0.2, 0) is 20.0 Å². The molecular weight excluding hydrogens is 360 g/mol. The lowest BCUT2D eigenvalue weighted by Gasteiger charge is -2.19. The number of fused-ring (bicyclic) bond motifs is 1. The van der Waals surface area contributed by atoms with Gasteiger partial charge in [0.25, 0.3) is 0 Å². The fourth-order valence-electron chi connectivity index (χ4n) is 2.86. The van der Waals surface area contributed by atoms with E-state index in [0.29, 0.717) is 5.82 Å². The molecule has 0 spiro atoms. The van der Waals surface area contributed by atoms with E-state index in [1.165, 1.54) is 15.9 Å². The Labute approximate surface area is 143 Å². The van der Waals surface area contributed by atoms with Crippen LogP contribution in [0, 0.1) is 0 Å². The summed E-state index contributed by atoms with van der Waals surface area (Å²) in [6.45, 7) is 0.263. The van der Waals surface area contributed by atoms with Crippen molar-refractivity contribution in [2.75, 3.05) is 0 Å². The highest BCUT2D eigenvalue weighted by atomic mass is 79.9. The Morgan fingerprint density at radius 2 is 2.30 bits per heavy atom. The first-order valence-electron chi connectivity index (χ1n) is 7.67. The van der Waals surface area contributed by atoms with E-state index in [9.17, 15) is 4.79 Å². The van der Waals surface area contributed by atoms with E-state index < -0.39 is 0 Å². The van der Waals surface area contributed by atoms with Gasteiger partial charge < -0.3 is 10.6 Å². The Morgan fingerprint density at radius 1 is 1.43 bits per heavy atom. The van der Waals surface area contributed by atoms with Crippen LogP contribution in [0.3, 0.4) is 0 Å². The van der Waals surface area contributed by atoms with Gasteiger partial charge in [0.2, 0.25) is 0 Å². The lowest BCUT2D eigenvalue weighted by molar-refractivity contribution is 0.235. The molecule has 0 saturated heterocycles. The molecule has 1 aliphatic carbocycles. The second kappa shape index (κ2) is 7.08. The summed E-state index contributed by atoms with van der Waals surface area (Å²) in [4.78, 5) is 13.5. The molecule has 0 fully saturated rings. The van der Waals surface area contributed by atoms with Crippen molar-refractivity contribution >= 4 is 22.0 Å². The van der Waals surface area contributed by atoms with Gasteiger partial charge in [0.15, 0.2) is 5.82 Å². The fourth-order valence-corrected chi connectivity index (χ4v) is 3.27. The molecule has 0 saturated carbocycles. The maximum atomic E-state index is 12.2. The number of halogens is 1. The molecule has 0 bridgehead atoms. The number of amides is 2. The average Bonchev–Trinajstić information content (AvgIpc) is 2.84. The third-order valence-electron chi connectivity index (χ3n) is 3.93. The molecule has 1 heterocycles. The van der Waals surface area contributed by atoms with Gasteiger partial charge in [-0.05, 0) is 47.7 Å². The normalized spacial score (nSPS) is 17.2. The average molecular weight is 379 g/mol. The summed E-state index contributed by atoms with van der Waals surface area (Å²) in [6.07, 6.45) is 4.25. The second-order valence-corrected chi connectivity index (χ2v) is 6.58. The lowest BCUT2D eigenvalue weighted by atomic mass is 9.99. The van der Waals surface area contributed by atoms with E-state index in [-0.39, 0.29) is 18.6 Å². The van der Waals surface area contributed by atoms with E-state index in [2.05, 4.69) is 54.1 Å². The van der Waals surface area contributed by atoms with Crippen molar-refractivity contribution in [2.45, 2.75) is 38.3 Å². The van der Waals surface area contributed by atoms with Crippen molar-refractivity contribution in [3.63, 3.8) is 0 Å². The van der Waals surface area contributed by atoms with Crippen LogP contribution in [0.2, 0.25) is 0 Å². The first kappa shape index (κ1) is 15.9. The van der Waals surface area contributed by atoms with Crippen molar-refractivity contribution in [2.24, 2.45) is 7.05 Å². The Balaban J connectivity index is 1.64. The molecule has 23 heavy (non-hydrogen) atoms. The SMILES string of the molecule is Cn1nnc(CNC(=O)NC2CCCCc3cc(Br)ccc32)n1. The van der Waals surface area contributed by atoms with Gasteiger partial charge in [-0.15, -0.1) is 10.2 Å². The minimum absolute atomic E-state index is 0.0374. The standard InChI is InChI=1S/C15H19BrN6O/c1-22-20-14(19-21-22)9-17-15(23)18-13-5-3-2-4-10-8-11(16)6-7-12(10)13/h6-8,13H,2-5,9H2,1H3,(H2,17,18,23). The van der Waals surface area contributed by atoms with Crippen molar-refractivity contribution in [1.29, 1.82) is 0 Å². The van der Waals surface area contributed by atoms with Crippen LogP contribution in [0.4, 0.5) is 4.79 Å². The molecule has 2 N–H and O–H groups in total. The Kier molecular flexibility index (Phi) is 4.90. The molecule has 2 aromatic rings. The highest BCUT2D eigenvalue weighted by molar-refractivity contribution is 9.10. The number of hydrogen-bond donors (Lipinski definition) is 2. The molecular formula is C15H19BrN6O. The van der Waals surface area contributed by atoms with Gasteiger partial charge in [-0.2, -0.15) is 4.80 Å². The molecule has 1 aliphatic rings. The van der Waals surface area contributed by atoms with Crippen molar-refractivity contribution in [3.05, 3.63) is 39.6 Å². The molecule has 1 unspecified atom stereocenters. The number of urea groups is 1. The van der Waals surface area contributed by atoms with Crippen molar-refractivity contribution in [3.8, 4) is 0 Å². The predicted molar refractivity (Wildman–Crippen MR) is 88.6 cm³/mol. The fraction of sp³-hybridized carbons (Fsp3) is 0.467. The summed E-state index contributed by atoms with van der Waals surface area (Å²) < 4.78 is 1.08. The van der Waals surface area contributed by atoms with Gasteiger partial charge >= 0.3 is 6.03 Å². The van der Waals surface area contributed by atoms with Crippen LogP contribution in [0.5, 0.6) is 0 Å².